The summed E-state index contributed by atoms with van der Waals surface area (Å²) in [5.74, 6) is -0.748. The predicted molar refractivity (Wildman–Crippen MR) is 95.1 cm³/mol. The third-order valence-electron chi connectivity index (χ3n) is 3.69. The summed E-state index contributed by atoms with van der Waals surface area (Å²) >= 11 is 0. The Labute approximate surface area is 143 Å². The molecule has 0 aliphatic heterocycles. The maximum atomic E-state index is 11.4. The number of aromatic nitrogens is 4. The van der Waals surface area contributed by atoms with Gasteiger partial charge in [-0.25, -0.2) is 14.8 Å². The average Bonchev–Trinajstić information content (AvgIpc) is 3.28. The fourth-order valence-corrected chi connectivity index (χ4v) is 2.69. The van der Waals surface area contributed by atoms with E-state index in [2.05, 4.69) is 19.9 Å². The molecule has 0 bridgehead atoms. The van der Waals surface area contributed by atoms with Crippen molar-refractivity contribution >= 4 is 27.8 Å². The van der Waals surface area contributed by atoms with Gasteiger partial charge in [-0.15, -0.1) is 0 Å². The number of para-hydroxylation sites is 1. The second-order valence-electron chi connectivity index (χ2n) is 5.29. The minimum Gasteiger partial charge on any atom is -0.491 e. The molecule has 0 aliphatic carbocycles. The van der Waals surface area contributed by atoms with E-state index in [0.29, 0.717) is 18.1 Å². The summed E-state index contributed by atoms with van der Waals surface area (Å²) in [5, 5.41) is 11.1. The number of carboxylic acids is 1. The van der Waals surface area contributed by atoms with Gasteiger partial charge in [0.25, 0.3) is 0 Å². The van der Waals surface area contributed by atoms with Crippen LogP contribution in [-0.2, 0) is 0 Å². The second-order valence-corrected chi connectivity index (χ2v) is 5.29. The smallest absolute Gasteiger partial charge is 0.358 e. The van der Waals surface area contributed by atoms with Gasteiger partial charge in [0.2, 0.25) is 0 Å². The lowest BCUT2D eigenvalue weighted by molar-refractivity contribution is 0.0686. The van der Waals surface area contributed by atoms with Crippen LogP contribution in [0.25, 0.3) is 21.8 Å². The van der Waals surface area contributed by atoms with Crippen LogP contribution < -0.4 is 4.74 Å². The maximum Gasteiger partial charge on any atom is 0.358 e. The molecule has 0 radical (unpaired) electrons. The summed E-state index contributed by atoms with van der Waals surface area (Å²) in [7, 11) is 0. The van der Waals surface area contributed by atoms with Crippen molar-refractivity contribution in [3.63, 3.8) is 0 Å². The molecule has 3 N–H and O–H groups in total. The van der Waals surface area contributed by atoms with Crippen molar-refractivity contribution in [1.29, 1.82) is 0 Å². The molecule has 1 aromatic carbocycles. The topological polar surface area (TPSA) is 104 Å². The number of H-pyrrole nitrogens is 2. The number of carboxylic acid groups (broad SMARTS) is 1. The van der Waals surface area contributed by atoms with E-state index in [1.54, 1.807) is 25.6 Å². The molecule has 128 valence electrons. The Morgan fingerprint density at radius 3 is 2.72 bits per heavy atom. The predicted octanol–water partition coefficient (Wildman–Crippen LogP) is 3.53. The summed E-state index contributed by atoms with van der Waals surface area (Å²) in [5.41, 5.74) is 2.37. The van der Waals surface area contributed by atoms with Crippen LogP contribution in [0.1, 0.15) is 23.1 Å². The average molecular weight is 338 g/mol. The molecule has 0 unspecified atom stereocenters. The van der Waals surface area contributed by atoms with E-state index in [4.69, 9.17) is 4.74 Å². The number of carbonyl (C=O) groups is 1. The lowest BCUT2D eigenvalue weighted by Crippen LogP contribution is -2.07. The van der Waals surface area contributed by atoms with Crippen molar-refractivity contribution in [2.45, 2.75) is 13.8 Å². The van der Waals surface area contributed by atoms with Crippen molar-refractivity contribution < 1.29 is 14.6 Å². The van der Waals surface area contributed by atoms with E-state index < -0.39 is 5.97 Å². The number of pyridine rings is 1. The molecule has 7 nitrogen and oxygen atoms in total. The van der Waals surface area contributed by atoms with Crippen molar-refractivity contribution in [3.05, 3.63) is 54.4 Å². The lowest BCUT2D eigenvalue weighted by Gasteiger charge is -2.09. The molecular weight excluding hydrogens is 320 g/mol. The monoisotopic (exact) mass is 338 g/mol. The molecule has 3 aromatic heterocycles. The number of aryl methyl sites for hydroxylation is 1. The molecule has 3 heterocycles. The molecule has 0 amide bonds. The molecular formula is C18H18N4O3. The number of aromatic amines is 2. The first-order chi connectivity index (χ1) is 12.1. The second kappa shape index (κ2) is 7.04. The van der Waals surface area contributed by atoms with E-state index in [9.17, 15) is 9.90 Å². The van der Waals surface area contributed by atoms with Crippen LogP contribution in [0.2, 0.25) is 0 Å². The van der Waals surface area contributed by atoms with Crippen LogP contribution >= 0.6 is 0 Å². The van der Waals surface area contributed by atoms with Gasteiger partial charge in [-0.3, -0.25) is 0 Å². The summed E-state index contributed by atoms with van der Waals surface area (Å²) in [6, 6.07) is 7.74. The Morgan fingerprint density at radius 1 is 1.32 bits per heavy atom. The SMILES string of the molecule is CCOc1c(C(=O)O)nc(C)c2[nH]c3ccccc3c12.c1c[nH]cn1. The Bertz CT molecular complexity index is 989. The highest BCUT2D eigenvalue weighted by molar-refractivity contribution is 6.13. The van der Waals surface area contributed by atoms with E-state index in [1.807, 2.05) is 31.2 Å². The Kier molecular flexibility index (Phi) is 4.65. The molecule has 4 aromatic rings. The van der Waals surface area contributed by atoms with Gasteiger partial charge >= 0.3 is 5.97 Å². The third-order valence-corrected chi connectivity index (χ3v) is 3.69. The maximum absolute atomic E-state index is 11.4. The van der Waals surface area contributed by atoms with Gasteiger partial charge in [0.15, 0.2) is 11.4 Å². The highest BCUT2D eigenvalue weighted by Crippen LogP contribution is 2.36. The van der Waals surface area contributed by atoms with Gasteiger partial charge in [-0.1, -0.05) is 18.2 Å². The Balaban J connectivity index is 0.000000314. The summed E-state index contributed by atoms with van der Waals surface area (Å²) in [6.07, 6.45) is 5.08. The molecule has 0 aliphatic rings. The molecule has 4 rings (SSSR count). The van der Waals surface area contributed by atoms with Gasteiger partial charge in [0, 0.05) is 23.3 Å². The van der Waals surface area contributed by atoms with Crippen LogP contribution in [-0.4, -0.2) is 37.6 Å². The number of imidazole rings is 1. The van der Waals surface area contributed by atoms with Gasteiger partial charge in [-0.05, 0) is 19.9 Å². The number of benzene rings is 1. The van der Waals surface area contributed by atoms with Gasteiger partial charge in [0.05, 0.1) is 29.5 Å². The molecule has 0 saturated carbocycles. The van der Waals surface area contributed by atoms with E-state index >= 15 is 0 Å². The van der Waals surface area contributed by atoms with Crippen molar-refractivity contribution in [2.75, 3.05) is 6.61 Å². The number of nitrogens with zero attached hydrogens (tertiary/aromatic N) is 2. The van der Waals surface area contributed by atoms with Gasteiger partial charge < -0.3 is 19.8 Å². The van der Waals surface area contributed by atoms with E-state index in [0.717, 1.165) is 21.8 Å². The number of fused-ring (bicyclic) bond motifs is 3. The Morgan fingerprint density at radius 2 is 2.12 bits per heavy atom. The summed E-state index contributed by atoms with van der Waals surface area (Å²) in [4.78, 5) is 25.2. The van der Waals surface area contributed by atoms with Gasteiger partial charge in [0.1, 0.15) is 0 Å². The lowest BCUT2D eigenvalue weighted by atomic mass is 10.1. The minimum absolute atomic E-state index is 0.0402. The first kappa shape index (κ1) is 16.5. The van der Waals surface area contributed by atoms with Crippen LogP contribution in [0.15, 0.2) is 43.0 Å². The standard InChI is InChI=1S/C15H14N2O3.C3H4N2/c1-3-20-14-11-9-6-4-5-7-10(9)17-12(11)8(2)16-13(14)15(18)19;1-2-5-3-4-1/h4-7,17H,3H2,1-2H3,(H,18,19);1-3H,(H,4,5). The van der Waals surface area contributed by atoms with Crippen molar-refractivity contribution in [1.82, 2.24) is 19.9 Å². The number of hydrogen-bond acceptors (Lipinski definition) is 4. The number of ether oxygens (including phenoxy) is 1. The zero-order valence-corrected chi connectivity index (χ0v) is 13.9. The molecule has 0 atom stereocenters. The van der Waals surface area contributed by atoms with Gasteiger partial charge in [-0.2, -0.15) is 0 Å². The van der Waals surface area contributed by atoms with Crippen molar-refractivity contribution in [2.24, 2.45) is 0 Å². The number of aromatic carboxylic acids is 1. The largest absolute Gasteiger partial charge is 0.491 e. The summed E-state index contributed by atoms with van der Waals surface area (Å²) < 4.78 is 5.57. The number of rotatable bonds is 3. The molecule has 0 spiro atoms. The molecule has 25 heavy (non-hydrogen) atoms. The molecule has 7 heteroatoms. The van der Waals surface area contributed by atoms with Crippen LogP contribution in [0.4, 0.5) is 0 Å². The van der Waals surface area contributed by atoms with Crippen molar-refractivity contribution in [3.8, 4) is 5.75 Å². The van der Waals surface area contributed by atoms with E-state index in [1.165, 1.54) is 0 Å². The molecule has 0 saturated heterocycles. The minimum atomic E-state index is -1.08. The zero-order valence-electron chi connectivity index (χ0n) is 13.9. The number of hydrogen-bond donors (Lipinski definition) is 3. The highest BCUT2D eigenvalue weighted by atomic mass is 16.5. The number of nitrogens with one attached hydrogen (secondary N) is 2. The fourth-order valence-electron chi connectivity index (χ4n) is 2.69. The normalized spacial score (nSPS) is 10.5. The first-order valence-electron chi connectivity index (χ1n) is 7.83. The summed E-state index contributed by atoms with van der Waals surface area (Å²) in [6.45, 7) is 4.01. The third kappa shape index (κ3) is 3.16. The van der Waals surface area contributed by atoms with Crippen LogP contribution in [0.3, 0.4) is 0 Å². The van der Waals surface area contributed by atoms with Crippen LogP contribution in [0, 0.1) is 6.92 Å². The quantitative estimate of drug-likeness (QED) is 0.530. The first-order valence-corrected chi connectivity index (χ1v) is 7.83. The zero-order chi connectivity index (χ0) is 17.8. The van der Waals surface area contributed by atoms with E-state index in [-0.39, 0.29) is 5.69 Å². The highest BCUT2D eigenvalue weighted by Gasteiger charge is 2.21. The fraction of sp³-hybridized carbons (Fsp3) is 0.167. The Hall–Kier alpha value is -3.35. The molecule has 0 fully saturated rings. The van der Waals surface area contributed by atoms with Crippen LogP contribution in [0.5, 0.6) is 5.75 Å².